The Morgan fingerprint density at radius 3 is 2.27 bits per heavy atom. The zero-order chi connectivity index (χ0) is 31.8. The van der Waals surface area contributed by atoms with Gasteiger partial charge in [0.05, 0.1) is 31.6 Å². The number of alkyl halides is 1. The molecule has 0 radical (unpaired) electrons. The van der Waals surface area contributed by atoms with Gasteiger partial charge in [-0.25, -0.2) is 28.5 Å². The highest BCUT2D eigenvalue weighted by molar-refractivity contribution is 7.47. The molecule has 21 nitrogen and oxygen atoms in total. The van der Waals surface area contributed by atoms with E-state index < -0.39 is 83.6 Å². The molecule has 8 N–H and O–H groups in total. The molecular formula is C21H24FN9O12P2. The third kappa shape index (κ3) is 5.32. The summed E-state index contributed by atoms with van der Waals surface area (Å²) in [6.07, 6.45) is -10.1. The first-order valence-corrected chi connectivity index (χ1v) is 16.0. The summed E-state index contributed by atoms with van der Waals surface area (Å²) in [5.41, 5.74) is 11.1. The van der Waals surface area contributed by atoms with Crippen molar-refractivity contribution in [1.82, 2.24) is 34.1 Å². The number of aromatic amines is 1. The van der Waals surface area contributed by atoms with Crippen molar-refractivity contribution >= 4 is 49.6 Å². The van der Waals surface area contributed by atoms with Gasteiger partial charge >= 0.3 is 15.6 Å². The van der Waals surface area contributed by atoms with Gasteiger partial charge in [0.2, 0.25) is 5.95 Å². The number of pyridine rings is 1. The van der Waals surface area contributed by atoms with Gasteiger partial charge in [-0.05, 0) is 6.07 Å². The second kappa shape index (κ2) is 10.9. The number of nitrogen functional groups attached to an aromatic ring is 2. The van der Waals surface area contributed by atoms with E-state index >= 15 is 4.39 Å². The summed E-state index contributed by atoms with van der Waals surface area (Å²) >= 11 is 0. The number of H-pyrrole nitrogens is 1. The molecule has 0 saturated carbocycles. The van der Waals surface area contributed by atoms with Crippen molar-refractivity contribution in [2.24, 2.45) is 0 Å². The van der Waals surface area contributed by atoms with Gasteiger partial charge in [0.15, 0.2) is 35.4 Å². The van der Waals surface area contributed by atoms with Crippen molar-refractivity contribution in [2.45, 2.75) is 49.1 Å². The Kier molecular flexibility index (Phi) is 7.30. The van der Waals surface area contributed by atoms with Gasteiger partial charge < -0.3 is 35.8 Å². The topological polar surface area (TPSA) is 297 Å². The lowest BCUT2D eigenvalue weighted by atomic mass is 10.1. The number of ether oxygens (including phenoxy) is 2. The number of nitrogens with two attached hydrogens (primary N) is 2. The van der Waals surface area contributed by atoms with Crippen LogP contribution in [0.2, 0.25) is 0 Å². The minimum Gasteiger partial charge on any atom is -0.397 e. The van der Waals surface area contributed by atoms with Crippen LogP contribution in [-0.4, -0.2) is 98.9 Å². The fourth-order valence-corrected chi connectivity index (χ4v) is 7.23. The van der Waals surface area contributed by atoms with Gasteiger partial charge in [0.25, 0.3) is 5.56 Å². The lowest BCUT2D eigenvalue weighted by molar-refractivity contribution is -0.0670. The zero-order valence-electron chi connectivity index (χ0n) is 22.5. The van der Waals surface area contributed by atoms with Gasteiger partial charge in [-0.2, -0.15) is 4.98 Å². The third-order valence-corrected chi connectivity index (χ3v) is 9.35. The van der Waals surface area contributed by atoms with Crippen LogP contribution >= 0.6 is 15.6 Å². The number of aliphatic hydroxyl groups is 1. The number of fused-ring (bicyclic) bond motifs is 5. The molecular weight excluding hydrogens is 651 g/mol. The number of phosphoric acid groups is 2. The summed E-state index contributed by atoms with van der Waals surface area (Å²) in [5.74, 6) is -0.291. The molecule has 4 unspecified atom stereocenters. The summed E-state index contributed by atoms with van der Waals surface area (Å²) in [6, 6.07) is 1.48. The predicted octanol–water partition coefficient (Wildman–Crippen LogP) is -0.759. The highest BCUT2D eigenvalue weighted by Crippen LogP contribution is 2.54. The predicted molar refractivity (Wildman–Crippen MR) is 145 cm³/mol. The van der Waals surface area contributed by atoms with E-state index in [9.17, 15) is 28.8 Å². The van der Waals surface area contributed by atoms with Crippen molar-refractivity contribution in [1.29, 1.82) is 0 Å². The Labute approximate surface area is 249 Å². The average Bonchev–Trinajstić information content (AvgIpc) is 3.72. The molecule has 0 aromatic carbocycles. The first-order chi connectivity index (χ1) is 21.3. The number of aromatic nitrogens is 7. The summed E-state index contributed by atoms with van der Waals surface area (Å²) < 4.78 is 76.4. The molecule has 3 saturated heterocycles. The number of anilines is 2. The molecule has 10 atom stereocenters. The van der Waals surface area contributed by atoms with Gasteiger partial charge in [-0.1, -0.05) is 0 Å². The maximum absolute atomic E-state index is 15.9. The van der Waals surface area contributed by atoms with E-state index in [0.717, 1.165) is 10.9 Å². The second-order valence-electron chi connectivity index (χ2n) is 10.2. The van der Waals surface area contributed by atoms with Crippen molar-refractivity contribution in [3.63, 3.8) is 0 Å². The minimum absolute atomic E-state index is 0.121. The standard InChI is InChI=1S/C21H24FN9O12P2/c22-10-14-9(41-19(10)30-5-26-11-7(23)1-2-25-16(11)30)4-39-45(36,37)43-15-13(32)8(3-38-44(34,35)42-14)40-20(15)31-6-27-12-17(31)28-21(24)29-18(12)33/h1-2,5-6,8-10,13-15,19-20,32H,3-4H2,(H2,23,25)(H,34,35)(H,36,37)(H3,24,28,29,33)/t8-,9-,10+,13?,14?,15+,19-,20-/m1/s1. The molecule has 4 aromatic rings. The minimum atomic E-state index is -5.15. The Morgan fingerprint density at radius 1 is 0.911 bits per heavy atom. The third-order valence-electron chi connectivity index (χ3n) is 7.38. The van der Waals surface area contributed by atoms with Crippen LogP contribution in [0.25, 0.3) is 22.3 Å². The van der Waals surface area contributed by atoms with E-state index in [2.05, 4.69) is 24.9 Å². The summed E-state index contributed by atoms with van der Waals surface area (Å²) in [5, 5.41) is 11.0. The van der Waals surface area contributed by atoms with Gasteiger partial charge in [0, 0.05) is 6.20 Å². The zero-order valence-corrected chi connectivity index (χ0v) is 24.3. The van der Waals surface area contributed by atoms with Gasteiger partial charge in [0.1, 0.15) is 36.0 Å². The van der Waals surface area contributed by atoms with Crippen molar-refractivity contribution in [3.05, 3.63) is 35.3 Å². The fourth-order valence-electron chi connectivity index (χ4n) is 5.34. The molecule has 0 aliphatic carbocycles. The first-order valence-electron chi connectivity index (χ1n) is 13.1. The van der Waals surface area contributed by atoms with Crippen molar-refractivity contribution in [2.75, 3.05) is 24.7 Å². The largest absolute Gasteiger partial charge is 0.472 e. The number of aliphatic hydroxyl groups excluding tert-OH is 1. The second-order valence-corrected chi connectivity index (χ2v) is 13.0. The Bertz CT molecular complexity index is 1940. The molecule has 242 valence electrons. The van der Waals surface area contributed by atoms with Gasteiger partial charge in [-0.3, -0.25) is 37.0 Å². The van der Waals surface area contributed by atoms with Crippen LogP contribution in [-0.2, 0) is 36.7 Å². The van der Waals surface area contributed by atoms with E-state index in [1.807, 2.05) is 0 Å². The highest BCUT2D eigenvalue weighted by atomic mass is 31.2. The maximum Gasteiger partial charge on any atom is 0.472 e. The van der Waals surface area contributed by atoms with Crippen LogP contribution in [0.5, 0.6) is 0 Å². The van der Waals surface area contributed by atoms with Crippen molar-refractivity contribution in [3.8, 4) is 0 Å². The Hall–Kier alpha value is -3.40. The number of hydrogen-bond acceptors (Lipinski definition) is 16. The SMILES string of the molecule is Nc1nc2c(ncn2[C@@H]2O[C@@H]3COP(=O)(O)OC4[C@@H](COP(=O)(O)O[C@H]2C3O)O[C@@H](n2cnc3c(N)ccnc32)[C@H]4F)c(=O)[nH]1. The van der Waals surface area contributed by atoms with E-state index in [1.165, 1.54) is 23.2 Å². The van der Waals surface area contributed by atoms with Crippen LogP contribution in [0.4, 0.5) is 16.0 Å². The number of hydrogen-bond donors (Lipinski definition) is 6. The van der Waals surface area contributed by atoms with Crippen LogP contribution in [0.1, 0.15) is 12.5 Å². The van der Waals surface area contributed by atoms with Crippen LogP contribution in [0.15, 0.2) is 29.7 Å². The molecule has 2 bridgehead atoms. The molecule has 3 aliphatic rings. The smallest absolute Gasteiger partial charge is 0.397 e. The molecule has 24 heteroatoms. The van der Waals surface area contributed by atoms with Gasteiger partial charge in [-0.15, -0.1) is 0 Å². The molecule has 7 rings (SSSR count). The summed E-state index contributed by atoms with van der Waals surface area (Å²) in [6.45, 7) is -1.75. The molecule has 0 spiro atoms. The Morgan fingerprint density at radius 2 is 1.53 bits per heavy atom. The van der Waals surface area contributed by atoms with Crippen LogP contribution < -0.4 is 17.0 Å². The quantitative estimate of drug-likeness (QED) is 0.142. The molecule has 0 amide bonds. The van der Waals surface area contributed by atoms with Crippen molar-refractivity contribution < 1.29 is 56.0 Å². The van der Waals surface area contributed by atoms with Crippen LogP contribution in [0.3, 0.4) is 0 Å². The highest BCUT2D eigenvalue weighted by Gasteiger charge is 2.54. The summed E-state index contributed by atoms with van der Waals surface area (Å²) in [4.78, 5) is 51.9. The lowest BCUT2D eigenvalue weighted by Crippen LogP contribution is -2.35. The lowest BCUT2D eigenvalue weighted by Gasteiger charge is -2.25. The molecule has 7 heterocycles. The van der Waals surface area contributed by atoms with E-state index in [0.29, 0.717) is 0 Å². The molecule has 4 aromatic heterocycles. The maximum atomic E-state index is 15.9. The monoisotopic (exact) mass is 675 g/mol. The molecule has 3 aliphatic heterocycles. The van der Waals surface area contributed by atoms with E-state index in [1.54, 1.807) is 0 Å². The normalized spacial score (nSPS) is 37.7. The number of rotatable bonds is 2. The number of nitrogens with zero attached hydrogens (tertiary/aromatic N) is 6. The Balaban J connectivity index is 1.21. The number of halogens is 1. The number of phosphoric ester groups is 2. The fraction of sp³-hybridized carbons (Fsp3) is 0.476. The first kappa shape index (κ1) is 30.3. The van der Waals surface area contributed by atoms with E-state index in [-0.39, 0.29) is 34.0 Å². The van der Waals surface area contributed by atoms with E-state index in [4.69, 9.17) is 39.0 Å². The number of nitrogens with one attached hydrogen (secondary N) is 1. The average molecular weight is 675 g/mol. The molecule has 45 heavy (non-hydrogen) atoms. The summed E-state index contributed by atoms with van der Waals surface area (Å²) in [7, 11) is -10.3. The van der Waals surface area contributed by atoms with Crippen LogP contribution in [0, 0.1) is 0 Å². The molecule has 3 fully saturated rings. The number of imidazole rings is 2.